The van der Waals surface area contributed by atoms with Gasteiger partial charge in [-0.2, -0.15) is 0 Å². The Balaban J connectivity index is 2.22. The SMILES string of the molecule is CCCc1cccc(C(NC)C(C)(C)N2CCOCC2)c1. The quantitative estimate of drug-likeness (QED) is 0.871. The zero-order chi connectivity index (χ0) is 15.3. The predicted octanol–water partition coefficient (Wildman–Crippen LogP) is 3.01. The van der Waals surface area contributed by atoms with Gasteiger partial charge in [-0.3, -0.25) is 4.90 Å². The van der Waals surface area contributed by atoms with Crippen LogP contribution in [-0.4, -0.2) is 43.8 Å². The van der Waals surface area contributed by atoms with E-state index < -0.39 is 0 Å². The van der Waals surface area contributed by atoms with E-state index in [1.807, 2.05) is 0 Å². The third-order valence-electron chi connectivity index (χ3n) is 4.64. The molecule has 1 heterocycles. The third kappa shape index (κ3) is 3.85. The molecule has 1 N–H and O–H groups in total. The lowest BCUT2D eigenvalue weighted by Gasteiger charge is -2.46. The molecule has 0 amide bonds. The van der Waals surface area contributed by atoms with E-state index >= 15 is 0 Å². The van der Waals surface area contributed by atoms with E-state index in [2.05, 4.69) is 62.3 Å². The summed E-state index contributed by atoms with van der Waals surface area (Å²) in [5.41, 5.74) is 2.90. The van der Waals surface area contributed by atoms with Crippen molar-refractivity contribution in [3.8, 4) is 0 Å². The van der Waals surface area contributed by atoms with Gasteiger partial charge in [0, 0.05) is 24.7 Å². The monoisotopic (exact) mass is 290 g/mol. The first-order chi connectivity index (χ1) is 10.1. The number of morpholine rings is 1. The van der Waals surface area contributed by atoms with Gasteiger partial charge in [-0.15, -0.1) is 0 Å². The molecule has 1 aliphatic rings. The molecule has 3 heteroatoms. The van der Waals surface area contributed by atoms with Crippen LogP contribution in [-0.2, 0) is 11.2 Å². The largest absolute Gasteiger partial charge is 0.379 e. The lowest BCUT2D eigenvalue weighted by Crippen LogP contribution is -2.55. The molecular weight excluding hydrogens is 260 g/mol. The maximum Gasteiger partial charge on any atom is 0.0594 e. The van der Waals surface area contributed by atoms with Crippen LogP contribution in [0.15, 0.2) is 24.3 Å². The molecule has 0 saturated carbocycles. The minimum absolute atomic E-state index is 0.0728. The molecule has 0 aliphatic carbocycles. The minimum Gasteiger partial charge on any atom is -0.379 e. The fraction of sp³-hybridized carbons (Fsp3) is 0.667. The molecule has 0 aromatic heterocycles. The van der Waals surface area contributed by atoms with Gasteiger partial charge < -0.3 is 10.1 Å². The van der Waals surface area contributed by atoms with E-state index in [1.54, 1.807) is 0 Å². The first-order valence-corrected chi connectivity index (χ1v) is 8.18. The lowest BCUT2D eigenvalue weighted by atomic mass is 9.85. The molecule has 3 nitrogen and oxygen atoms in total. The number of rotatable bonds is 6. The van der Waals surface area contributed by atoms with Crippen LogP contribution in [0.5, 0.6) is 0 Å². The van der Waals surface area contributed by atoms with Gasteiger partial charge in [0.25, 0.3) is 0 Å². The Hall–Kier alpha value is -0.900. The lowest BCUT2D eigenvalue weighted by molar-refractivity contribution is -0.0229. The van der Waals surface area contributed by atoms with Gasteiger partial charge in [0.15, 0.2) is 0 Å². The summed E-state index contributed by atoms with van der Waals surface area (Å²) in [6.45, 7) is 10.6. The van der Waals surface area contributed by atoms with Crippen molar-refractivity contribution in [2.45, 2.75) is 45.2 Å². The Morgan fingerprint density at radius 2 is 2.00 bits per heavy atom. The predicted molar refractivity (Wildman–Crippen MR) is 88.7 cm³/mol. The summed E-state index contributed by atoms with van der Waals surface area (Å²) in [5, 5.41) is 3.54. The van der Waals surface area contributed by atoms with E-state index in [0.29, 0.717) is 6.04 Å². The molecule has 118 valence electrons. The van der Waals surface area contributed by atoms with E-state index in [-0.39, 0.29) is 5.54 Å². The van der Waals surface area contributed by atoms with Gasteiger partial charge in [0.1, 0.15) is 0 Å². The molecule has 1 aromatic rings. The third-order valence-corrected chi connectivity index (χ3v) is 4.64. The summed E-state index contributed by atoms with van der Waals surface area (Å²) in [6.07, 6.45) is 2.35. The van der Waals surface area contributed by atoms with Crippen LogP contribution in [0.25, 0.3) is 0 Å². The van der Waals surface area contributed by atoms with Crippen LogP contribution < -0.4 is 5.32 Å². The summed E-state index contributed by atoms with van der Waals surface area (Å²) in [5.74, 6) is 0. The summed E-state index contributed by atoms with van der Waals surface area (Å²) in [6, 6.07) is 9.38. The van der Waals surface area contributed by atoms with Gasteiger partial charge >= 0.3 is 0 Å². The Kier molecular flexibility index (Phi) is 5.80. The minimum atomic E-state index is 0.0728. The van der Waals surface area contributed by atoms with Gasteiger partial charge in [-0.05, 0) is 38.4 Å². The Bertz CT molecular complexity index is 439. The Labute approximate surface area is 129 Å². The van der Waals surface area contributed by atoms with Gasteiger partial charge in [-0.25, -0.2) is 0 Å². The number of hydrogen-bond donors (Lipinski definition) is 1. The molecule has 0 spiro atoms. The number of aryl methyl sites for hydroxylation is 1. The molecule has 0 bridgehead atoms. The maximum absolute atomic E-state index is 5.50. The van der Waals surface area contributed by atoms with Crippen molar-refractivity contribution in [3.05, 3.63) is 35.4 Å². The standard InChI is InChI=1S/C18H30N2O/c1-5-7-15-8-6-9-16(14-15)17(19-4)18(2,3)20-10-12-21-13-11-20/h6,8-9,14,17,19H,5,7,10-13H2,1-4H3. The molecule has 1 unspecified atom stereocenters. The highest BCUT2D eigenvalue weighted by molar-refractivity contribution is 5.28. The van der Waals surface area contributed by atoms with E-state index in [4.69, 9.17) is 4.74 Å². The van der Waals surface area contributed by atoms with Gasteiger partial charge in [0.05, 0.1) is 13.2 Å². The Morgan fingerprint density at radius 1 is 1.29 bits per heavy atom. The van der Waals surface area contributed by atoms with E-state index in [1.165, 1.54) is 17.5 Å². The highest BCUT2D eigenvalue weighted by Gasteiger charge is 2.36. The highest BCUT2D eigenvalue weighted by atomic mass is 16.5. The van der Waals surface area contributed by atoms with Crippen LogP contribution in [0, 0.1) is 0 Å². The molecular formula is C18H30N2O. The second kappa shape index (κ2) is 7.39. The number of benzene rings is 1. The number of nitrogens with one attached hydrogen (secondary N) is 1. The van der Waals surface area contributed by atoms with Crippen LogP contribution in [0.1, 0.15) is 44.4 Å². The maximum atomic E-state index is 5.50. The van der Waals surface area contributed by atoms with Crippen molar-refractivity contribution in [3.63, 3.8) is 0 Å². The van der Waals surface area contributed by atoms with Crippen molar-refractivity contribution in [1.29, 1.82) is 0 Å². The van der Waals surface area contributed by atoms with Crippen LogP contribution in [0.2, 0.25) is 0 Å². The average Bonchev–Trinajstić information content (AvgIpc) is 2.49. The molecule has 1 atom stereocenters. The topological polar surface area (TPSA) is 24.5 Å². The summed E-state index contributed by atoms with van der Waals surface area (Å²) in [7, 11) is 2.07. The molecule has 1 fully saturated rings. The summed E-state index contributed by atoms with van der Waals surface area (Å²) >= 11 is 0. The second-order valence-corrected chi connectivity index (χ2v) is 6.47. The normalized spacial score (nSPS) is 18.7. The first-order valence-electron chi connectivity index (χ1n) is 8.18. The van der Waals surface area contributed by atoms with Crippen LogP contribution >= 0.6 is 0 Å². The van der Waals surface area contributed by atoms with E-state index in [0.717, 1.165) is 32.7 Å². The van der Waals surface area contributed by atoms with E-state index in [9.17, 15) is 0 Å². The Morgan fingerprint density at radius 3 is 2.62 bits per heavy atom. The second-order valence-electron chi connectivity index (χ2n) is 6.47. The van der Waals surface area contributed by atoms with Gasteiger partial charge in [0.2, 0.25) is 0 Å². The van der Waals surface area contributed by atoms with Crippen molar-refractivity contribution >= 4 is 0 Å². The highest BCUT2D eigenvalue weighted by Crippen LogP contribution is 2.32. The smallest absolute Gasteiger partial charge is 0.0594 e. The molecule has 0 radical (unpaired) electrons. The number of nitrogens with zero attached hydrogens (tertiary/aromatic N) is 1. The van der Waals surface area contributed by atoms with Crippen molar-refractivity contribution in [2.24, 2.45) is 0 Å². The number of hydrogen-bond acceptors (Lipinski definition) is 3. The van der Waals surface area contributed by atoms with Gasteiger partial charge in [-0.1, -0.05) is 37.6 Å². The van der Waals surface area contributed by atoms with Crippen molar-refractivity contribution in [1.82, 2.24) is 10.2 Å². The van der Waals surface area contributed by atoms with Crippen LogP contribution in [0.3, 0.4) is 0 Å². The zero-order valence-corrected chi connectivity index (χ0v) is 14.0. The van der Waals surface area contributed by atoms with Crippen molar-refractivity contribution in [2.75, 3.05) is 33.4 Å². The first kappa shape index (κ1) is 16.5. The fourth-order valence-electron chi connectivity index (χ4n) is 3.47. The van der Waals surface area contributed by atoms with Crippen LogP contribution in [0.4, 0.5) is 0 Å². The number of ether oxygens (including phenoxy) is 1. The molecule has 1 aliphatic heterocycles. The fourth-order valence-corrected chi connectivity index (χ4v) is 3.47. The zero-order valence-electron chi connectivity index (χ0n) is 14.0. The molecule has 21 heavy (non-hydrogen) atoms. The summed E-state index contributed by atoms with van der Waals surface area (Å²) < 4.78 is 5.50. The molecule has 2 rings (SSSR count). The average molecular weight is 290 g/mol. The number of likely N-dealkylation sites (N-methyl/N-ethyl adjacent to an activating group) is 1. The van der Waals surface area contributed by atoms with Crippen molar-refractivity contribution < 1.29 is 4.74 Å². The summed E-state index contributed by atoms with van der Waals surface area (Å²) in [4.78, 5) is 2.55. The molecule has 1 saturated heterocycles. The molecule has 1 aromatic carbocycles.